The van der Waals surface area contributed by atoms with Gasteiger partial charge in [0.05, 0.1) is 20.2 Å². The number of aliphatic imine (C=N–C) groups is 1. The zero-order valence-electron chi connectivity index (χ0n) is 16.1. The molecule has 26 heavy (non-hydrogen) atoms. The highest BCUT2D eigenvalue weighted by Crippen LogP contribution is 2.28. The number of likely N-dealkylation sites (N-methyl/N-ethyl adjacent to an activating group) is 1. The number of carbonyl (C=O) groups excluding carboxylic acids is 1. The Morgan fingerprint density at radius 2 is 2.04 bits per heavy atom. The molecule has 0 bridgehead atoms. The van der Waals surface area contributed by atoms with E-state index in [9.17, 15) is 4.79 Å². The maximum absolute atomic E-state index is 11.9. The van der Waals surface area contributed by atoms with Gasteiger partial charge in [-0.15, -0.1) is 0 Å². The fourth-order valence-electron chi connectivity index (χ4n) is 2.85. The zero-order chi connectivity index (χ0) is 18.9. The van der Waals surface area contributed by atoms with Crippen molar-refractivity contribution in [2.45, 2.75) is 37.1 Å². The third kappa shape index (κ3) is 6.44. The SMILES string of the molecule is COc1ccc(CN=C(NCC(=O)N(C)C)NC2CCC(SC)C2)cc1. The molecule has 1 aromatic rings. The van der Waals surface area contributed by atoms with Crippen molar-refractivity contribution in [2.24, 2.45) is 4.99 Å². The molecule has 1 saturated carbocycles. The summed E-state index contributed by atoms with van der Waals surface area (Å²) >= 11 is 1.93. The Kier molecular flexibility index (Phi) is 8.09. The Hall–Kier alpha value is -1.89. The van der Waals surface area contributed by atoms with Crippen LogP contribution in [-0.2, 0) is 11.3 Å². The van der Waals surface area contributed by atoms with Crippen molar-refractivity contribution >= 4 is 23.6 Å². The molecule has 0 heterocycles. The number of benzene rings is 1. The average Bonchev–Trinajstić information content (AvgIpc) is 3.11. The van der Waals surface area contributed by atoms with Gasteiger partial charge in [-0.05, 0) is 43.2 Å². The predicted octanol–water partition coefficient (Wildman–Crippen LogP) is 2.10. The molecule has 2 atom stereocenters. The molecule has 2 rings (SSSR count). The van der Waals surface area contributed by atoms with E-state index in [1.54, 1.807) is 26.1 Å². The highest BCUT2D eigenvalue weighted by molar-refractivity contribution is 7.99. The quantitative estimate of drug-likeness (QED) is 0.562. The lowest BCUT2D eigenvalue weighted by Gasteiger charge is -2.19. The summed E-state index contributed by atoms with van der Waals surface area (Å²) in [5, 5.41) is 7.37. The van der Waals surface area contributed by atoms with Gasteiger partial charge in [-0.3, -0.25) is 4.79 Å². The van der Waals surface area contributed by atoms with Gasteiger partial charge < -0.3 is 20.3 Å². The second kappa shape index (κ2) is 10.3. The lowest BCUT2D eigenvalue weighted by molar-refractivity contribution is -0.127. The number of nitrogens with one attached hydrogen (secondary N) is 2. The van der Waals surface area contributed by atoms with E-state index in [4.69, 9.17) is 4.74 Å². The lowest BCUT2D eigenvalue weighted by atomic mass is 10.2. The normalized spacial score (nSPS) is 19.9. The molecule has 0 aromatic heterocycles. The van der Waals surface area contributed by atoms with Crippen LogP contribution in [0.3, 0.4) is 0 Å². The van der Waals surface area contributed by atoms with Gasteiger partial charge in [-0.1, -0.05) is 12.1 Å². The van der Waals surface area contributed by atoms with E-state index in [-0.39, 0.29) is 12.5 Å². The Balaban J connectivity index is 1.99. The molecule has 0 radical (unpaired) electrons. The summed E-state index contributed by atoms with van der Waals surface area (Å²) in [6.07, 6.45) is 5.66. The Labute approximate surface area is 160 Å². The molecule has 2 unspecified atom stereocenters. The van der Waals surface area contributed by atoms with E-state index in [0.29, 0.717) is 23.8 Å². The second-order valence-electron chi connectivity index (χ2n) is 6.67. The van der Waals surface area contributed by atoms with Crippen molar-refractivity contribution in [3.63, 3.8) is 0 Å². The summed E-state index contributed by atoms with van der Waals surface area (Å²) in [6.45, 7) is 0.786. The highest BCUT2D eigenvalue weighted by Gasteiger charge is 2.24. The van der Waals surface area contributed by atoms with Gasteiger partial charge in [0.25, 0.3) is 0 Å². The molecule has 0 spiro atoms. The molecular weight excluding hydrogens is 348 g/mol. The highest BCUT2D eigenvalue weighted by atomic mass is 32.2. The fourth-order valence-corrected chi connectivity index (χ4v) is 3.65. The first-order valence-corrected chi connectivity index (χ1v) is 10.2. The topological polar surface area (TPSA) is 66.0 Å². The maximum atomic E-state index is 11.9. The Morgan fingerprint density at radius 3 is 2.62 bits per heavy atom. The first-order chi connectivity index (χ1) is 12.5. The Bertz CT molecular complexity index is 604. The molecule has 7 heteroatoms. The van der Waals surface area contributed by atoms with Gasteiger partial charge in [0.2, 0.25) is 5.91 Å². The van der Waals surface area contributed by atoms with E-state index in [0.717, 1.165) is 24.2 Å². The third-order valence-corrected chi connectivity index (χ3v) is 5.64. The lowest BCUT2D eigenvalue weighted by Crippen LogP contribution is -2.46. The fraction of sp³-hybridized carbons (Fsp3) is 0.579. The zero-order valence-corrected chi connectivity index (χ0v) is 16.9. The number of rotatable bonds is 7. The van der Waals surface area contributed by atoms with Crippen molar-refractivity contribution in [1.29, 1.82) is 0 Å². The molecule has 144 valence electrons. The summed E-state index contributed by atoms with van der Waals surface area (Å²) in [5.41, 5.74) is 1.10. The Morgan fingerprint density at radius 1 is 1.31 bits per heavy atom. The second-order valence-corrected chi connectivity index (χ2v) is 7.80. The summed E-state index contributed by atoms with van der Waals surface area (Å²) in [6, 6.07) is 8.28. The number of carbonyl (C=O) groups is 1. The van der Waals surface area contributed by atoms with Crippen molar-refractivity contribution in [3.8, 4) is 5.75 Å². The summed E-state index contributed by atoms with van der Waals surface area (Å²) in [7, 11) is 5.17. The molecule has 1 aliphatic carbocycles. The van der Waals surface area contributed by atoms with Gasteiger partial charge in [0.1, 0.15) is 5.75 Å². The predicted molar refractivity (Wildman–Crippen MR) is 109 cm³/mol. The number of methoxy groups -OCH3 is 1. The van der Waals surface area contributed by atoms with E-state index >= 15 is 0 Å². The minimum Gasteiger partial charge on any atom is -0.497 e. The van der Waals surface area contributed by atoms with Crippen LogP contribution in [0.1, 0.15) is 24.8 Å². The minimum absolute atomic E-state index is 0.0253. The van der Waals surface area contributed by atoms with Gasteiger partial charge in [-0.2, -0.15) is 11.8 Å². The summed E-state index contributed by atoms with van der Waals surface area (Å²) in [5.74, 6) is 1.56. The van der Waals surface area contributed by atoms with Crippen molar-refractivity contribution in [3.05, 3.63) is 29.8 Å². The van der Waals surface area contributed by atoms with E-state index in [1.165, 1.54) is 6.42 Å². The molecule has 6 nitrogen and oxygen atoms in total. The van der Waals surface area contributed by atoms with Crippen LogP contribution in [0.4, 0.5) is 0 Å². The van der Waals surface area contributed by atoms with E-state index < -0.39 is 0 Å². The molecule has 1 aliphatic rings. The molecular formula is C19H30N4O2S. The third-order valence-electron chi connectivity index (χ3n) is 4.54. The molecule has 0 saturated heterocycles. The van der Waals surface area contributed by atoms with Crippen LogP contribution in [0.5, 0.6) is 5.75 Å². The average molecular weight is 379 g/mol. The van der Waals surface area contributed by atoms with Crippen molar-refractivity contribution in [2.75, 3.05) is 34.0 Å². The number of hydrogen-bond acceptors (Lipinski definition) is 4. The number of nitrogens with zero attached hydrogens (tertiary/aromatic N) is 2. The first kappa shape index (κ1) is 20.4. The van der Waals surface area contributed by atoms with Crippen LogP contribution < -0.4 is 15.4 Å². The largest absolute Gasteiger partial charge is 0.497 e. The van der Waals surface area contributed by atoms with E-state index in [2.05, 4.69) is 21.9 Å². The molecule has 1 amide bonds. The van der Waals surface area contributed by atoms with Crippen LogP contribution >= 0.6 is 11.8 Å². The van der Waals surface area contributed by atoms with Crippen LogP contribution in [0, 0.1) is 0 Å². The van der Waals surface area contributed by atoms with Gasteiger partial charge in [-0.25, -0.2) is 4.99 Å². The standard InChI is InChI=1S/C19H30N4O2S/c1-23(2)18(24)13-21-19(22-15-7-10-17(11-15)26-4)20-12-14-5-8-16(25-3)9-6-14/h5-6,8-9,15,17H,7,10-13H2,1-4H3,(H2,20,21,22). The molecule has 2 N–H and O–H groups in total. The first-order valence-electron chi connectivity index (χ1n) is 8.92. The molecule has 0 aliphatic heterocycles. The minimum atomic E-state index is 0.0253. The number of hydrogen-bond donors (Lipinski definition) is 2. The number of amides is 1. The van der Waals surface area contributed by atoms with Crippen molar-refractivity contribution < 1.29 is 9.53 Å². The molecule has 1 fully saturated rings. The number of thioether (sulfide) groups is 1. The van der Waals surface area contributed by atoms with Gasteiger partial charge in [0, 0.05) is 25.4 Å². The molecule has 1 aromatic carbocycles. The van der Waals surface area contributed by atoms with Gasteiger partial charge in [0.15, 0.2) is 5.96 Å². The maximum Gasteiger partial charge on any atom is 0.241 e. The summed E-state index contributed by atoms with van der Waals surface area (Å²) < 4.78 is 5.19. The van der Waals surface area contributed by atoms with E-state index in [1.807, 2.05) is 36.0 Å². The van der Waals surface area contributed by atoms with Crippen LogP contribution in [0.2, 0.25) is 0 Å². The summed E-state index contributed by atoms with van der Waals surface area (Å²) in [4.78, 5) is 18.1. The van der Waals surface area contributed by atoms with Crippen LogP contribution in [0.15, 0.2) is 29.3 Å². The van der Waals surface area contributed by atoms with Crippen LogP contribution in [0.25, 0.3) is 0 Å². The van der Waals surface area contributed by atoms with Gasteiger partial charge >= 0.3 is 0 Å². The van der Waals surface area contributed by atoms with Crippen molar-refractivity contribution in [1.82, 2.24) is 15.5 Å². The number of ether oxygens (including phenoxy) is 1. The number of guanidine groups is 1. The smallest absolute Gasteiger partial charge is 0.241 e. The monoisotopic (exact) mass is 378 g/mol. The van der Waals surface area contributed by atoms with Crippen LogP contribution in [-0.4, -0.2) is 62.1 Å².